The average molecular weight is 457 g/mol. The van der Waals surface area contributed by atoms with E-state index < -0.39 is 11.9 Å². The predicted molar refractivity (Wildman–Crippen MR) is 132 cm³/mol. The van der Waals surface area contributed by atoms with E-state index in [4.69, 9.17) is 14.2 Å². The van der Waals surface area contributed by atoms with Gasteiger partial charge in [0.25, 0.3) is 0 Å². The topological polar surface area (TPSA) is 61.8 Å². The van der Waals surface area contributed by atoms with Crippen molar-refractivity contribution in [3.8, 4) is 0 Å². The summed E-state index contributed by atoms with van der Waals surface area (Å²) in [5, 5.41) is 0. The Kier molecular flexibility index (Phi) is 25.3. The summed E-state index contributed by atoms with van der Waals surface area (Å²) >= 11 is 0. The molecule has 0 saturated heterocycles. The van der Waals surface area contributed by atoms with Gasteiger partial charge in [0.1, 0.15) is 13.0 Å². The lowest BCUT2D eigenvalue weighted by Crippen LogP contribution is -2.16. The van der Waals surface area contributed by atoms with Crippen LogP contribution in [0.25, 0.3) is 0 Å². The minimum atomic E-state index is -0.541. The van der Waals surface area contributed by atoms with Gasteiger partial charge in [-0.15, -0.1) is 0 Å². The molecule has 190 valence electrons. The predicted octanol–water partition coefficient (Wildman–Crippen LogP) is 7.54. The fraction of sp³-hybridized carbons (Fsp3) is 0.926. The summed E-state index contributed by atoms with van der Waals surface area (Å²) in [6.45, 7) is 6.00. The summed E-state index contributed by atoms with van der Waals surface area (Å²) in [5.74, 6) is -1.04. The molecule has 0 aliphatic rings. The van der Waals surface area contributed by atoms with E-state index in [0.717, 1.165) is 25.7 Å². The van der Waals surface area contributed by atoms with Gasteiger partial charge in [-0.1, -0.05) is 117 Å². The van der Waals surface area contributed by atoms with E-state index in [1.807, 2.05) is 0 Å². The number of carbonyl (C=O) groups excluding carboxylic acids is 2. The van der Waals surface area contributed by atoms with Crippen LogP contribution in [-0.4, -0.2) is 38.4 Å². The first kappa shape index (κ1) is 30.9. The summed E-state index contributed by atoms with van der Waals surface area (Å²) in [6, 6.07) is 0. The molecule has 0 radical (unpaired) electrons. The van der Waals surface area contributed by atoms with Gasteiger partial charge in [-0.2, -0.15) is 0 Å². The lowest BCUT2D eigenvalue weighted by atomic mass is 10.0. The zero-order valence-corrected chi connectivity index (χ0v) is 21.3. The number of rotatable bonds is 25. The molecule has 0 aliphatic heterocycles. The maximum atomic E-state index is 11.6. The van der Waals surface area contributed by atoms with Crippen LogP contribution in [0.4, 0.5) is 0 Å². The summed E-state index contributed by atoms with van der Waals surface area (Å²) in [5.41, 5.74) is 0. The van der Waals surface area contributed by atoms with Gasteiger partial charge in [0.05, 0.1) is 13.2 Å². The standard InChI is InChI=1S/C27H52O5/c1-3-5-7-8-9-10-11-12-13-14-15-16-17-18-19-20-22-31-26(28)25-27(29)32-24-23-30-21-6-4-2/h3-25H2,1-2H3. The third-order valence-corrected chi connectivity index (χ3v) is 5.68. The van der Waals surface area contributed by atoms with Gasteiger partial charge in [0.2, 0.25) is 0 Å². The smallest absolute Gasteiger partial charge is 0.317 e. The minimum absolute atomic E-state index is 0.189. The largest absolute Gasteiger partial charge is 0.465 e. The van der Waals surface area contributed by atoms with Gasteiger partial charge in [-0.25, -0.2) is 0 Å². The van der Waals surface area contributed by atoms with Crippen molar-refractivity contribution in [2.24, 2.45) is 0 Å². The highest BCUT2D eigenvalue weighted by molar-refractivity contribution is 5.91. The molecule has 0 spiro atoms. The number of ether oxygens (including phenoxy) is 3. The Hall–Kier alpha value is -1.10. The van der Waals surface area contributed by atoms with Gasteiger partial charge in [0, 0.05) is 6.61 Å². The first-order chi connectivity index (χ1) is 15.7. The van der Waals surface area contributed by atoms with Gasteiger partial charge in [-0.05, 0) is 12.8 Å². The molecule has 0 aliphatic carbocycles. The lowest BCUT2D eigenvalue weighted by molar-refractivity contribution is -0.155. The second-order valence-electron chi connectivity index (χ2n) is 8.89. The Labute approximate surface area is 198 Å². The number of hydrogen-bond acceptors (Lipinski definition) is 5. The monoisotopic (exact) mass is 456 g/mol. The van der Waals surface area contributed by atoms with E-state index in [2.05, 4.69) is 13.8 Å². The van der Waals surface area contributed by atoms with Crippen molar-refractivity contribution >= 4 is 11.9 Å². The first-order valence-corrected chi connectivity index (χ1v) is 13.6. The maximum absolute atomic E-state index is 11.6. The molecular formula is C27H52O5. The summed E-state index contributed by atoms with van der Waals surface area (Å²) in [7, 11) is 0. The van der Waals surface area contributed by atoms with E-state index in [-0.39, 0.29) is 13.0 Å². The second kappa shape index (κ2) is 26.2. The first-order valence-electron chi connectivity index (χ1n) is 13.6. The highest BCUT2D eigenvalue weighted by Crippen LogP contribution is 2.13. The molecule has 5 heteroatoms. The number of hydrogen-bond donors (Lipinski definition) is 0. The van der Waals surface area contributed by atoms with Crippen molar-refractivity contribution in [1.29, 1.82) is 0 Å². The van der Waals surface area contributed by atoms with Crippen LogP contribution in [0.1, 0.15) is 136 Å². The van der Waals surface area contributed by atoms with Gasteiger partial charge < -0.3 is 14.2 Å². The van der Waals surface area contributed by atoms with E-state index in [9.17, 15) is 9.59 Å². The highest BCUT2D eigenvalue weighted by atomic mass is 16.6. The minimum Gasteiger partial charge on any atom is -0.465 e. The van der Waals surface area contributed by atoms with Crippen molar-refractivity contribution in [2.45, 2.75) is 136 Å². The summed E-state index contributed by atoms with van der Waals surface area (Å²) in [4.78, 5) is 23.2. The summed E-state index contributed by atoms with van der Waals surface area (Å²) in [6.07, 6.45) is 22.8. The van der Waals surface area contributed by atoms with Crippen molar-refractivity contribution in [2.75, 3.05) is 26.4 Å². The maximum Gasteiger partial charge on any atom is 0.317 e. The van der Waals surface area contributed by atoms with Crippen LogP contribution in [-0.2, 0) is 23.8 Å². The van der Waals surface area contributed by atoms with Crippen LogP contribution in [0.3, 0.4) is 0 Å². The van der Waals surface area contributed by atoms with Crippen molar-refractivity contribution in [1.82, 2.24) is 0 Å². The third-order valence-electron chi connectivity index (χ3n) is 5.68. The summed E-state index contributed by atoms with van der Waals surface area (Å²) < 4.78 is 15.4. The Balaban J connectivity index is 3.24. The number of esters is 2. The third kappa shape index (κ3) is 25.2. The van der Waals surface area contributed by atoms with E-state index >= 15 is 0 Å². The lowest BCUT2D eigenvalue weighted by Gasteiger charge is -2.07. The molecule has 0 aromatic heterocycles. The molecule has 0 aromatic rings. The fourth-order valence-corrected chi connectivity index (χ4v) is 3.62. The molecule has 0 heterocycles. The fourth-order valence-electron chi connectivity index (χ4n) is 3.62. The Morgan fingerprint density at radius 3 is 1.31 bits per heavy atom. The van der Waals surface area contributed by atoms with Gasteiger partial charge >= 0.3 is 11.9 Å². The molecule has 0 atom stereocenters. The van der Waals surface area contributed by atoms with Crippen molar-refractivity contribution < 1.29 is 23.8 Å². The number of carbonyl (C=O) groups is 2. The molecule has 32 heavy (non-hydrogen) atoms. The van der Waals surface area contributed by atoms with Crippen LogP contribution < -0.4 is 0 Å². The van der Waals surface area contributed by atoms with Crippen molar-refractivity contribution in [3.05, 3.63) is 0 Å². The molecule has 0 amide bonds. The molecule has 0 aromatic carbocycles. The second-order valence-corrected chi connectivity index (χ2v) is 8.89. The molecule has 0 N–H and O–H groups in total. The Morgan fingerprint density at radius 2 is 0.844 bits per heavy atom. The average Bonchev–Trinajstić information content (AvgIpc) is 2.78. The van der Waals surface area contributed by atoms with E-state index in [0.29, 0.717) is 19.8 Å². The highest BCUT2D eigenvalue weighted by Gasteiger charge is 2.11. The van der Waals surface area contributed by atoms with Crippen molar-refractivity contribution in [3.63, 3.8) is 0 Å². The molecule has 0 rings (SSSR count). The van der Waals surface area contributed by atoms with Crippen LogP contribution in [0.2, 0.25) is 0 Å². The molecule has 0 unspecified atom stereocenters. The molecule has 0 saturated carbocycles. The quantitative estimate of drug-likeness (QED) is 0.0806. The SMILES string of the molecule is CCCCCCCCCCCCCCCCCCOC(=O)CC(=O)OCCOCCCC. The zero-order valence-electron chi connectivity index (χ0n) is 21.3. The molecule has 0 bridgehead atoms. The van der Waals surface area contributed by atoms with E-state index in [1.54, 1.807) is 0 Å². The molecular weight excluding hydrogens is 404 g/mol. The Bertz CT molecular complexity index is 411. The van der Waals surface area contributed by atoms with Gasteiger partial charge in [-0.3, -0.25) is 9.59 Å². The molecule has 5 nitrogen and oxygen atoms in total. The molecule has 0 fully saturated rings. The van der Waals surface area contributed by atoms with Crippen LogP contribution in [0.5, 0.6) is 0 Å². The van der Waals surface area contributed by atoms with Crippen LogP contribution in [0.15, 0.2) is 0 Å². The van der Waals surface area contributed by atoms with Crippen LogP contribution in [0, 0.1) is 0 Å². The number of unbranched alkanes of at least 4 members (excludes halogenated alkanes) is 16. The van der Waals surface area contributed by atoms with Gasteiger partial charge in [0.15, 0.2) is 0 Å². The van der Waals surface area contributed by atoms with E-state index in [1.165, 1.54) is 89.9 Å². The Morgan fingerprint density at radius 1 is 0.438 bits per heavy atom. The van der Waals surface area contributed by atoms with Crippen LogP contribution >= 0.6 is 0 Å². The zero-order chi connectivity index (χ0) is 23.5. The normalized spacial score (nSPS) is 10.9.